The average molecular weight is 473 g/mol. The molecule has 0 spiro atoms. The van der Waals surface area contributed by atoms with E-state index in [4.69, 9.17) is 0 Å². The second-order valence-electron chi connectivity index (χ2n) is 15.0. The topological polar surface area (TPSA) is 77.8 Å². The van der Waals surface area contributed by atoms with E-state index < -0.39 is 17.5 Å². The number of allylic oxidation sites excluding steroid dienone is 1. The number of aliphatic hydroxyl groups excluding tert-OH is 2. The maximum atomic E-state index is 12.8. The Hall–Kier alpha value is -0.870. The van der Waals surface area contributed by atoms with Gasteiger partial charge in [-0.2, -0.15) is 0 Å². The number of fused-ring (bicyclic) bond motifs is 7. The Labute approximate surface area is 206 Å². The summed E-state index contributed by atoms with van der Waals surface area (Å²) in [6, 6.07) is 0. The summed E-state index contributed by atoms with van der Waals surface area (Å²) in [6.45, 7) is 16.2. The first-order chi connectivity index (χ1) is 15.6. The maximum Gasteiger partial charge on any atom is 0.310 e. The predicted octanol–water partition coefficient (Wildman–Crippen LogP) is 6.20. The Bertz CT molecular complexity index is 919. The van der Waals surface area contributed by atoms with Gasteiger partial charge in [0.15, 0.2) is 0 Å². The van der Waals surface area contributed by atoms with Crippen molar-refractivity contribution in [2.75, 3.05) is 0 Å². The van der Waals surface area contributed by atoms with Crippen molar-refractivity contribution in [2.45, 2.75) is 118 Å². The van der Waals surface area contributed by atoms with Crippen LogP contribution in [-0.4, -0.2) is 33.5 Å². The van der Waals surface area contributed by atoms with E-state index in [2.05, 4.69) is 54.5 Å². The molecule has 0 radical (unpaired) electrons. The van der Waals surface area contributed by atoms with Crippen LogP contribution in [0.4, 0.5) is 0 Å². The Balaban J connectivity index is 1.62. The smallest absolute Gasteiger partial charge is 0.310 e. The zero-order valence-electron chi connectivity index (χ0n) is 22.6. The number of carbonyl (C=O) groups is 1. The van der Waals surface area contributed by atoms with Crippen LogP contribution in [0.15, 0.2) is 11.6 Å². The predicted molar refractivity (Wildman–Crippen MR) is 134 cm³/mol. The van der Waals surface area contributed by atoms with Gasteiger partial charge in [0.25, 0.3) is 0 Å². The highest BCUT2D eigenvalue weighted by atomic mass is 16.4. The van der Waals surface area contributed by atoms with Crippen LogP contribution in [0.25, 0.3) is 0 Å². The summed E-state index contributed by atoms with van der Waals surface area (Å²) in [5.74, 6) is 0.0213. The minimum absolute atomic E-state index is 0.0756. The van der Waals surface area contributed by atoms with Crippen LogP contribution in [0, 0.1) is 50.2 Å². The number of carboxylic acids is 1. The van der Waals surface area contributed by atoms with Gasteiger partial charge >= 0.3 is 5.97 Å². The van der Waals surface area contributed by atoms with Gasteiger partial charge in [-0.3, -0.25) is 4.79 Å². The van der Waals surface area contributed by atoms with E-state index in [0.29, 0.717) is 24.7 Å². The van der Waals surface area contributed by atoms with E-state index in [0.717, 1.165) is 44.9 Å². The lowest BCUT2D eigenvalue weighted by Gasteiger charge is -2.71. The SMILES string of the molecule is CC1(C)CC[C@]2(C(=O)O)CC[C@]3(C)C(=CC[C@@H]4[C@@]5(C)CC[C@@H](O)C(C)(C)[C@@H]5CC[C@]43C)[C@H]2[C@@H]1O. The Kier molecular flexibility index (Phi) is 5.20. The molecule has 0 aromatic carbocycles. The molecule has 192 valence electrons. The zero-order valence-corrected chi connectivity index (χ0v) is 22.6. The van der Waals surface area contributed by atoms with Crippen molar-refractivity contribution >= 4 is 5.97 Å². The molecule has 0 amide bonds. The van der Waals surface area contributed by atoms with Crippen molar-refractivity contribution in [1.29, 1.82) is 0 Å². The lowest BCUT2D eigenvalue weighted by molar-refractivity contribution is -0.212. The molecule has 0 unspecified atom stereocenters. The van der Waals surface area contributed by atoms with Gasteiger partial charge in [-0.05, 0) is 96.7 Å². The summed E-state index contributed by atoms with van der Waals surface area (Å²) in [4.78, 5) is 12.8. The van der Waals surface area contributed by atoms with E-state index >= 15 is 0 Å². The molecular formula is C30H48O4. The lowest BCUT2D eigenvalue weighted by Crippen LogP contribution is -2.66. The molecule has 0 heterocycles. The number of aliphatic carboxylic acids is 1. The first-order valence-corrected chi connectivity index (χ1v) is 13.9. The molecule has 4 fully saturated rings. The number of rotatable bonds is 1. The molecule has 5 aliphatic carbocycles. The second-order valence-corrected chi connectivity index (χ2v) is 15.0. The van der Waals surface area contributed by atoms with Gasteiger partial charge in [0.1, 0.15) is 0 Å². The molecule has 0 aromatic heterocycles. The van der Waals surface area contributed by atoms with E-state index in [1.165, 1.54) is 5.57 Å². The molecule has 4 heteroatoms. The van der Waals surface area contributed by atoms with Crippen molar-refractivity contribution < 1.29 is 20.1 Å². The number of hydrogen-bond acceptors (Lipinski definition) is 3. The zero-order chi connectivity index (χ0) is 25.1. The van der Waals surface area contributed by atoms with Crippen LogP contribution >= 0.6 is 0 Å². The summed E-state index contributed by atoms with van der Waals surface area (Å²) in [6.07, 6.45) is 9.70. The lowest BCUT2D eigenvalue weighted by atomic mass is 9.33. The fourth-order valence-electron chi connectivity index (χ4n) is 10.6. The third-order valence-electron chi connectivity index (χ3n) is 13.3. The molecule has 4 nitrogen and oxygen atoms in total. The quantitative estimate of drug-likeness (QED) is 0.397. The Morgan fingerprint density at radius 3 is 2.15 bits per heavy atom. The number of aliphatic hydroxyl groups is 2. The number of hydrogen-bond donors (Lipinski definition) is 3. The van der Waals surface area contributed by atoms with Crippen molar-refractivity contribution in [3.05, 3.63) is 11.6 Å². The number of carboxylic acid groups (broad SMARTS) is 1. The first kappa shape index (κ1) is 24.8. The van der Waals surface area contributed by atoms with Crippen LogP contribution in [0.3, 0.4) is 0 Å². The van der Waals surface area contributed by atoms with E-state index in [1.54, 1.807) is 0 Å². The molecule has 0 bridgehead atoms. The van der Waals surface area contributed by atoms with Crippen LogP contribution in [0.2, 0.25) is 0 Å². The van der Waals surface area contributed by atoms with Gasteiger partial charge in [0.05, 0.1) is 17.6 Å². The molecule has 5 rings (SSSR count). The summed E-state index contributed by atoms with van der Waals surface area (Å²) in [5.41, 5.74) is 0.238. The molecule has 0 aliphatic heterocycles. The molecule has 0 saturated heterocycles. The highest BCUT2D eigenvalue weighted by Gasteiger charge is 2.70. The molecule has 9 atom stereocenters. The average Bonchev–Trinajstić information content (AvgIpc) is 2.74. The molecular weight excluding hydrogens is 424 g/mol. The molecule has 4 saturated carbocycles. The highest BCUT2D eigenvalue weighted by Crippen LogP contribution is 2.75. The minimum atomic E-state index is -0.832. The molecule has 5 aliphatic rings. The fraction of sp³-hybridized carbons (Fsp3) is 0.900. The van der Waals surface area contributed by atoms with Crippen molar-refractivity contribution in [3.63, 3.8) is 0 Å². The van der Waals surface area contributed by atoms with Gasteiger partial charge in [0, 0.05) is 5.92 Å². The van der Waals surface area contributed by atoms with Crippen LogP contribution < -0.4 is 0 Å². The standard InChI is InChI=1S/C30H48O4/c1-25(2)14-16-30(24(33)34)17-15-28(6)18(22(30)23(25)32)8-9-20-27(5)12-11-21(31)26(3,4)19(27)10-13-29(20,28)7/h8,19-23,31-32H,9-17H2,1-7H3,(H,33,34)/t19-,20+,21+,22-,23-,27-,28+,29+,30-/m0/s1. The largest absolute Gasteiger partial charge is 0.481 e. The third-order valence-corrected chi connectivity index (χ3v) is 13.3. The summed E-state index contributed by atoms with van der Waals surface area (Å²) < 4.78 is 0. The summed E-state index contributed by atoms with van der Waals surface area (Å²) in [5, 5.41) is 33.1. The third kappa shape index (κ3) is 2.76. The van der Waals surface area contributed by atoms with E-state index in [9.17, 15) is 20.1 Å². The van der Waals surface area contributed by atoms with E-state index in [-0.39, 0.29) is 39.1 Å². The normalized spacial score (nSPS) is 53.4. The van der Waals surface area contributed by atoms with Crippen LogP contribution in [0.5, 0.6) is 0 Å². The maximum absolute atomic E-state index is 12.8. The monoisotopic (exact) mass is 472 g/mol. The highest BCUT2D eigenvalue weighted by molar-refractivity contribution is 5.77. The van der Waals surface area contributed by atoms with Crippen molar-refractivity contribution in [1.82, 2.24) is 0 Å². The summed E-state index contributed by atoms with van der Waals surface area (Å²) >= 11 is 0. The van der Waals surface area contributed by atoms with Gasteiger partial charge in [-0.25, -0.2) is 0 Å². The summed E-state index contributed by atoms with van der Waals surface area (Å²) in [7, 11) is 0. The van der Waals surface area contributed by atoms with Gasteiger partial charge in [-0.15, -0.1) is 0 Å². The van der Waals surface area contributed by atoms with Crippen LogP contribution in [-0.2, 0) is 4.79 Å². The van der Waals surface area contributed by atoms with Crippen LogP contribution in [0.1, 0.15) is 106 Å². The Morgan fingerprint density at radius 1 is 0.853 bits per heavy atom. The van der Waals surface area contributed by atoms with Crippen molar-refractivity contribution in [3.8, 4) is 0 Å². The molecule has 3 N–H and O–H groups in total. The Morgan fingerprint density at radius 2 is 1.50 bits per heavy atom. The van der Waals surface area contributed by atoms with Gasteiger partial charge in [-0.1, -0.05) is 60.1 Å². The fourth-order valence-corrected chi connectivity index (χ4v) is 10.6. The minimum Gasteiger partial charge on any atom is -0.481 e. The second kappa shape index (κ2) is 7.12. The van der Waals surface area contributed by atoms with Gasteiger partial charge < -0.3 is 15.3 Å². The van der Waals surface area contributed by atoms with Gasteiger partial charge in [0.2, 0.25) is 0 Å². The molecule has 0 aromatic rings. The van der Waals surface area contributed by atoms with E-state index in [1.807, 2.05) is 0 Å². The van der Waals surface area contributed by atoms with Crippen molar-refractivity contribution in [2.24, 2.45) is 50.2 Å². The molecule has 34 heavy (non-hydrogen) atoms. The first-order valence-electron chi connectivity index (χ1n) is 13.9.